The Labute approximate surface area is 176 Å². The van der Waals surface area contributed by atoms with Crippen molar-refractivity contribution < 1.29 is 22.7 Å². The fraction of sp³-hybridized carbons (Fsp3) is 0.318. The van der Waals surface area contributed by atoms with Gasteiger partial charge in [-0.15, -0.1) is 6.58 Å². The fourth-order valence-electron chi connectivity index (χ4n) is 3.73. The molecule has 0 atom stereocenters. The molecule has 0 aromatic heterocycles. The highest BCUT2D eigenvalue weighted by Crippen LogP contribution is 2.46. The Hall–Kier alpha value is -2.84. The molecule has 8 heteroatoms. The third-order valence-corrected chi connectivity index (χ3v) is 6.65. The molecule has 4 rings (SSSR count). The van der Waals surface area contributed by atoms with Gasteiger partial charge in [0.25, 0.3) is 11.7 Å². The summed E-state index contributed by atoms with van der Waals surface area (Å²) < 4.78 is 39.1. The maximum atomic E-state index is 12.7. The van der Waals surface area contributed by atoms with Crippen LogP contribution < -0.4 is 19.5 Å². The zero-order chi connectivity index (χ0) is 21.2. The first-order chi connectivity index (χ1) is 14.4. The molecule has 1 spiro atoms. The average Bonchev–Trinajstić information content (AvgIpc) is 3.09. The minimum absolute atomic E-state index is 0.0157. The van der Waals surface area contributed by atoms with Crippen molar-refractivity contribution >= 4 is 21.6 Å². The molecule has 0 radical (unpaired) electrons. The molecule has 2 aromatic carbocycles. The number of ether oxygens (including phenoxy) is 2. The lowest BCUT2D eigenvalue weighted by molar-refractivity contribution is -0.105. The third kappa shape index (κ3) is 4.20. The predicted octanol–water partition coefficient (Wildman–Crippen LogP) is 3.83. The maximum absolute atomic E-state index is 12.7. The molecule has 0 saturated heterocycles. The minimum Gasteiger partial charge on any atom is -0.448 e. The number of anilines is 1. The first kappa shape index (κ1) is 20.4. The van der Waals surface area contributed by atoms with Crippen molar-refractivity contribution in [1.82, 2.24) is 4.72 Å². The number of nitrogens with one attached hydrogen (secondary N) is 2. The minimum atomic E-state index is -3.71. The van der Waals surface area contributed by atoms with E-state index in [-0.39, 0.29) is 17.0 Å². The molecule has 1 amide bonds. The normalized spacial score (nSPS) is 16.9. The van der Waals surface area contributed by atoms with Crippen molar-refractivity contribution in [2.24, 2.45) is 0 Å². The number of hydrogen-bond donors (Lipinski definition) is 2. The van der Waals surface area contributed by atoms with Crippen LogP contribution in [0.2, 0.25) is 0 Å². The van der Waals surface area contributed by atoms with Crippen LogP contribution in [0.3, 0.4) is 0 Å². The van der Waals surface area contributed by atoms with Gasteiger partial charge in [0.1, 0.15) is 0 Å². The van der Waals surface area contributed by atoms with Crippen LogP contribution >= 0.6 is 0 Å². The van der Waals surface area contributed by atoms with Crippen molar-refractivity contribution in [3.8, 4) is 11.5 Å². The first-order valence-electron chi connectivity index (χ1n) is 9.95. The summed E-state index contributed by atoms with van der Waals surface area (Å²) in [7, 11) is -3.71. The third-order valence-electron chi connectivity index (χ3n) is 5.23. The Bertz CT molecular complexity index is 1070. The van der Waals surface area contributed by atoms with Gasteiger partial charge < -0.3 is 14.8 Å². The summed E-state index contributed by atoms with van der Waals surface area (Å²) in [6.07, 6.45) is 6.47. The first-order valence-corrected chi connectivity index (χ1v) is 11.4. The van der Waals surface area contributed by atoms with Gasteiger partial charge in [0, 0.05) is 36.7 Å². The van der Waals surface area contributed by atoms with Crippen LogP contribution in [-0.2, 0) is 10.0 Å². The van der Waals surface area contributed by atoms with Gasteiger partial charge in [-0.25, -0.2) is 13.1 Å². The average molecular weight is 429 g/mol. The van der Waals surface area contributed by atoms with Crippen molar-refractivity contribution in [2.75, 3.05) is 11.9 Å². The van der Waals surface area contributed by atoms with Gasteiger partial charge in [-0.1, -0.05) is 18.6 Å². The number of carbonyl (C=O) groups excluding carboxylic acids is 1. The maximum Gasteiger partial charge on any atom is 0.255 e. The molecule has 1 fully saturated rings. The van der Waals surface area contributed by atoms with E-state index in [4.69, 9.17) is 9.47 Å². The number of sulfonamides is 1. The summed E-state index contributed by atoms with van der Waals surface area (Å²) in [5.74, 6) is 0.294. The van der Waals surface area contributed by atoms with E-state index in [2.05, 4.69) is 16.6 Å². The summed E-state index contributed by atoms with van der Waals surface area (Å²) in [4.78, 5) is 12.7. The molecule has 7 nitrogen and oxygen atoms in total. The van der Waals surface area contributed by atoms with Crippen molar-refractivity contribution in [2.45, 2.75) is 42.8 Å². The van der Waals surface area contributed by atoms with E-state index < -0.39 is 21.7 Å². The van der Waals surface area contributed by atoms with Gasteiger partial charge in [0.05, 0.1) is 4.90 Å². The second kappa shape index (κ2) is 8.12. The van der Waals surface area contributed by atoms with Gasteiger partial charge in [0.2, 0.25) is 10.0 Å². The summed E-state index contributed by atoms with van der Waals surface area (Å²) in [6, 6.07) is 11.1. The molecule has 1 heterocycles. The summed E-state index contributed by atoms with van der Waals surface area (Å²) in [5.41, 5.74) is 0.783. The Morgan fingerprint density at radius 1 is 1.07 bits per heavy atom. The molecule has 2 aliphatic rings. The van der Waals surface area contributed by atoms with Crippen LogP contribution in [0, 0.1) is 0 Å². The van der Waals surface area contributed by atoms with Crippen molar-refractivity contribution in [3.63, 3.8) is 0 Å². The van der Waals surface area contributed by atoms with E-state index in [1.165, 1.54) is 30.7 Å². The molecule has 1 saturated carbocycles. The predicted molar refractivity (Wildman–Crippen MR) is 113 cm³/mol. The van der Waals surface area contributed by atoms with E-state index in [1.54, 1.807) is 24.3 Å². The SMILES string of the molecule is C=CCNS(=O)(=O)c1cccc(C(=O)Nc2ccc3c(c2)OC2(CCCCC2)O3)c1. The molecular formula is C22H24N2O5S. The Morgan fingerprint density at radius 3 is 2.60 bits per heavy atom. The largest absolute Gasteiger partial charge is 0.448 e. The van der Waals surface area contributed by atoms with Crippen LogP contribution in [0.15, 0.2) is 60.0 Å². The second-order valence-corrected chi connectivity index (χ2v) is 9.23. The van der Waals surface area contributed by atoms with E-state index in [9.17, 15) is 13.2 Å². The Morgan fingerprint density at radius 2 is 1.83 bits per heavy atom. The van der Waals surface area contributed by atoms with Crippen LogP contribution in [0.5, 0.6) is 11.5 Å². The molecular weight excluding hydrogens is 404 g/mol. The molecule has 0 bridgehead atoms. The van der Waals surface area contributed by atoms with Crippen molar-refractivity contribution in [1.29, 1.82) is 0 Å². The monoisotopic (exact) mass is 428 g/mol. The molecule has 30 heavy (non-hydrogen) atoms. The van der Waals surface area contributed by atoms with Gasteiger partial charge in [-0.2, -0.15) is 0 Å². The van der Waals surface area contributed by atoms with E-state index >= 15 is 0 Å². The lowest BCUT2D eigenvalue weighted by Crippen LogP contribution is -2.40. The van der Waals surface area contributed by atoms with Gasteiger partial charge in [-0.05, 0) is 43.2 Å². The number of rotatable bonds is 6. The van der Waals surface area contributed by atoms with Crippen LogP contribution in [-0.4, -0.2) is 26.7 Å². The summed E-state index contributed by atoms with van der Waals surface area (Å²) >= 11 is 0. The van der Waals surface area contributed by atoms with Gasteiger partial charge in [0.15, 0.2) is 11.5 Å². The zero-order valence-electron chi connectivity index (χ0n) is 16.5. The van der Waals surface area contributed by atoms with E-state index in [1.807, 2.05) is 0 Å². The zero-order valence-corrected chi connectivity index (χ0v) is 17.3. The Balaban J connectivity index is 1.49. The highest BCUT2D eigenvalue weighted by molar-refractivity contribution is 7.89. The molecule has 1 aliphatic heterocycles. The molecule has 2 N–H and O–H groups in total. The van der Waals surface area contributed by atoms with Crippen LogP contribution in [0.4, 0.5) is 5.69 Å². The number of fused-ring (bicyclic) bond motifs is 1. The van der Waals surface area contributed by atoms with Crippen LogP contribution in [0.25, 0.3) is 0 Å². The molecule has 1 aliphatic carbocycles. The number of hydrogen-bond acceptors (Lipinski definition) is 5. The van der Waals surface area contributed by atoms with E-state index in [0.29, 0.717) is 17.2 Å². The summed E-state index contributed by atoms with van der Waals surface area (Å²) in [6.45, 7) is 3.60. The molecule has 158 valence electrons. The lowest BCUT2D eigenvalue weighted by atomic mass is 9.94. The number of benzene rings is 2. The molecule has 0 unspecified atom stereocenters. The van der Waals surface area contributed by atoms with Crippen LogP contribution in [0.1, 0.15) is 42.5 Å². The van der Waals surface area contributed by atoms with Gasteiger partial charge >= 0.3 is 0 Å². The smallest absolute Gasteiger partial charge is 0.255 e. The highest BCUT2D eigenvalue weighted by Gasteiger charge is 2.42. The van der Waals surface area contributed by atoms with E-state index in [0.717, 1.165) is 25.7 Å². The standard InChI is InChI=1S/C22H24N2O5S/c1-2-13-23-30(26,27)18-8-6-7-16(14-18)21(25)24-17-9-10-19-20(15-17)29-22(28-19)11-4-3-5-12-22/h2,6-10,14-15,23H,1,3-5,11-13H2,(H,24,25). The molecule has 2 aromatic rings. The van der Waals surface area contributed by atoms with Gasteiger partial charge in [-0.3, -0.25) is 4.79 Å². The second-order valence-electron chi connectivity index (χ2n) is 7.46. The quantitative estimate of drug-likeness (QED) is 0.682. The Kier molecular flexibility index (Phi) is 5.53. The highest BCUT2D eigenvalue weighted by atomic mass is 32.2. The number of amides is 1. The lowest BCUT2D eigenvalue weighted by Gasteiger charge is -2.31. The summed E-state index contributed by atoms with van der Waals surface area (Å²) in [5, 5.41) is 2.80. The topological polar surface area (TPSA) is 93.7 Å². The fourth-order valence-corrected chi connectivity index (χ4v) is 4.77. The van der Waals surface area contributed by atoms with Crippen molar-refractivity contribution in [3.05, 3.63) is 60.7 Å². The number of carbonyl (C=O) groups is 1.